The maximum Gasteiger partial charge on any atom is 0.273 e. The maximum absolute atomic E-state index is 12.9. The van der Waals surface area contributed by atoms with Crippen molar-refractivity contribution in [3.63, 3.8) is 0 Å². The van der Waals surface area contributed by atoms with Gasteiger partial charge in [-0.05, 0) is 17.5 Å². The number of hydrogen-bond donors (Lipinski definition) is 1. The summed E-state index contributed by atoms with van der Waals surface area (Å²) in [6.45, 7) is 2.67. The summed E-state index contributed by atoms with van der Waals surface area (Å²) in [5.41, 5.74) is 1.46. The van der Waals surface area contributed by atoms with Gasteiger partial charge < -0.3 is 15.1 Å². The number of piperazine rings is 1. The summed E-state index contributed by atoms with van der Waals surface area (Å²) in [6, 6.07) is 16.1. The van der Waals surface area contributed by atoms with Crippen LogP contribution in [-0.2, 0) is 0 Å². The van der Waals surface area contributed by atoms with E-state index in [1.165, 1.54) is 11.3 Å². The zero-order valence-corrected chi connectivity index (χ0v) is 17.0. The van der Waals surface area contributed by atoms with Gasteiger partial charge in [-0.15, -0.1) is 11.3 Å². The number of nitrogens with zero attached hydrogens (tertiary/aromatic N) is 5. The van der Waals surface area contributed by atoms with Gasteiger partial charge in [0.2, 0.25) is 5.95 Å². The highest BCUT2D eigenvalue weighted by Gasteiger charge is 2.25. The molecular formula is C22H20N6OS. The fraction of sp³-hybridized carbons (Fsp3) is 0.182. The molecule has 0 atom stereocenters. The first-order valence-electron chi connectivity index (χ1n) is 9.79. The van der Waals surface area contributed by atoms with Crippen molar-refractivity contribution in [2.75, 3.05) is 36.4 Å². The van der Waals surface area contributed by atoms with Crippen LogP contribution in [0.25, 0.3) is 10.8 Å². The van der Waals surface area contributed by atoms with E-state index in [0.29, 0.717) is 43.0 Å². The average Bonchev–Trinajstić information content (AvgIpc) is 3.28. The Morgan fingerprint density at radius 3 is 2.53 bits per heavy atom. The second kappa shape index (κ2) is 8.08. The number of aromatic nitrogens is 3. The van der Waals surface area contributed by atoms with Crippen molar-refractivity contribution in [3.05, 3.63) is 72.0 Å². The number of benzene rings is 2. The summed E-state index contributed by atoms with van der Waals surface area (Å²) in [7, 11) is 0. The molecule has 0 radical (unpaired) electrons. The fourth-order valence-corrected chi connectivity index (χ4v) is 4.30. The van der Waals surface area contributed by atoms with E-state index in [1.807, 2.05) is 34.5 Å². The van der Waals surface area contributed by atoms with Crippen molar-refractivity contribution in [1.82, 2.24) is 19.9 Å². The molecule has 3 heterocycles. The largest absolute Gasteiger partial charge is 0.337 e. The summed E-state index contributed by atoms with van der Waals surface area (Å²) in [5.74, 6) is 0.672. The Kier molecular flexibility index (Phi) is 4.98. The first-order valence-corrected chi connectivity index (χ1v) is 10.7. The summed E-state index contributed by atoms with van der Waals surface area (Å²) in [4.78, 5) is 30.0. The Bertz CT molecular complexity index is 1170. The van der Waals surface area contributed by atoms with Crippen LogP contribution in [-0.4, -0.2) is 51.9 Å². The molecule has 2 aromatic carbocycles. The Morgan fingerprint density at radius 2 is 1.70 bits per heavy atom. The molecular weight excluding hydrogens is 396 g/mol. The maximum atomic E-state index is 12.9. The van der Waals surface area contributed by atoms with Crippen molar-refractivity contribution in [3.8, 4) is 0 Å². The highest BCUT2D eigenvalue weighted by Crippen LogP contribution is 2.28. The van der Waals surface area contributed by atoms with Crippen LogP contribution in [0.3, 0.4) is 0 Å². The monoisotopic (exact) mass is 416 g/mol. The number of amides is 1. The van der Waals surface area contributed by atoms with E-state index in [9.17, 15) is 4.79 Å². The van der Waals surface area contributed by atoms with Crippen LogP contribution in [0.5, 0.6) is 0 Å². The molecule has 4 aromatic rings. The summed E-state index contributed by atoms with van der Waals surface area (Å²) >= 11 is 1.44. The molecule has 0 spiro atoms. The lowest BCUT2D eigenvalue weighted by molar-refractivity contribution is 0.0741. The number of rotatable bonds is 4. The summed E-state index contributed by atoms with van der Waals surface area (Å²) in [5, 5.41) is 8.19. The van der Waals surface area contributed by atoms with Crippen LogP contribution in [0.1, 0.15) is 10.5 Å². The number of carbonyl (C=O) groups excluding carboxylic acids is 1. The van der Waals surface area contributed by atoms with E-state index < -0.39 is 0 Å². The number of fused-ring (bicyclic) bond motifs is 1. The van der Waals surface area contributed by atoms with Crippen molar-refractivity contribution in [2.24, 2.45) is 0 Å². The van der Waals surface area contributed by atoms with Crippen LogP contribution < -0.4 is 10.2 Å². The molecule has 0 unspecified atom stereocenters. The van der Waals surface area contributed by atoms with Gasteiger partial charge in [0.25, 0.3) is 5.91 Å². The van der Waals surface area contributed by atoms with Gasteiger partial charge in [0, 0.05) is 55.0 Å². The van der Waals surface area contributed by atoms with Gasteiger partial charge in [-0.1, -0.05) is 36.4 Å². The van der Waals surface area contributed by atoms with Crippen LogP contribution >= 0.6 is 11.3 Å². The lowest BCUT2D eigenvalue weighted by Gasteiger charge is -2.34. The lowest BCUT2D eigenvalue weighted by atomic mass is 10.1. The highest BCUT2D eigenvalue weighted by atomic mass is 32.1. The number of carbonyl (C=O) groups is 1. The Morgan fingerprint density at radius 1 is 0.933 bits per heavy atom. The Hall–Kier alpha value is -3.52. The minimum Gasteiger partial charge on any atom is -0.337 e. The van der Waals surface area contributed by atoms with Crippen LogP contribution in [0, 0.1) is 0 Å². The number of nitrogens with one attached hydrogen (secondary N) is 1. The van der Waals surface area contributed by atoms with Gasteiger partial charge in [0.05, 0.1) is 0 Å². The van der Waals surface area contributed by atoms with E-state index in [0.717, 1.165) is 16.5 Å². The van der Waals surface area contributed by atoms with Gasteiger partial charge in [-0.3, -0.25) is 4.79 Å². The molecule has 1 saturated heterocycles. The van der Waals surface area contributed by atoms with E-state index in [2.05, 4.69) is 43.4 Å². The molecule has 2 aromatic heterocycles. The molecule has 30 heavy (non-hydrogen) atoms. The van der Waals surface area contributed by atoms with Gasteiger partial charge in [-0.2, -0.15) is 0 Å². The molecule has 1 N–H and O–H groups in total. The predicted molar refractivity (Wildman–Crippen MR) is 119 cm³/mol. The van der Waals surface area contributed by atoms with Crippen LogP contribution in [0.15, 0.2) is 66.3 Å². The number of anilines is 3. The van der Waals surface area contributed by atoms with E-state index in [-0.39, 0.29) is 5.91 Å². The third-order valence-corrected chi connectivity index (χ3v) is 5.91. The minimum absolute atomic E-state index is 0.0363. The molecule has 1 amide bonds. The van der Waals surface area contributed by atoms with Gasteiger partial charge >= 0.3 is 0 Å². The molecule has 0 bridgehead atoms. The second-order valence-electron chi connectivity index (χ2n) is 7.02. The minimum atomic E-state index is -0.0363. The first-order chi connectivity index (χ1) is 14.8. The summed E-state index contributed by atoms with van der Waals surface area (Å²) in [6.07, 6.45) is 3.47. The van der Waals surface area contributed by atoms with Crippen molar-refractivity contribution in [1.29, 1.82) is 0 Å². The molecule has 1 aliphatic heterocycles. The lowest BCUT2D eigenvalue weighted by Crippen LogP contribution is -2.49. The SMILES string of the molecule is O=C(c1csc(Nc2cccc3ccccc23)n1)N1CCN(c2ncccn2)CC1. The molecule has 0 saturated carbocycles. The first kappa shape index (κ1) is 18.5. The molecule has 150 valence electrons. The Balaban J connectivity index is 1.26. The fourth-order valence-electron chi connectivity index (χ4n) is 3.61. The van der Waals surface area contributed by atoms with Crippen LogP contribution in [0.4, 0.5) is 16.8 Å². The number of thiazole rings is 1. The molecule has 7 nitrogen and oxygen atoms in total. The van der Waals surface area contributed by atoms with Crippen molar-refractivity contribution < 1.29 is 4.79 Å². The van der Waals surface area contributed by atoms with Crippen molar-refractivity contribution in [2.45, 2.75) is 0 Å². The predicted octanol–water partition coefficient (Wildman–Crippen LogP) is 3.79. The van der Waals surface area contributed by atoms with E-state index in [4.69, 9.17) is 0 Å². The molecule has 1 fully saturated rings. The third kappa shape index (κ3) is 3.69. The standard InChI is InChI=1S/C22H20N6OS/c29-20(27-11-13-28(14-12-27)21-23-9-4-10-24-21)19-15-30-22(26-19)25-18-8-3-6-16-5-1-2-7-17(16)18/h1-10,15H,11-14H2,(H,25,26). The molecule has 1 aliphatic rings. The quantitative estimate of drug-likeness (QED) is 0.546. The number of hydrogen-bond acceptors (Lipinski definition) is 7. The zero-order chi connectivity index (χ0) is 20.3. The Labute approximate surface area is 178 Å². The average molecular weight is 417 g/mol. The zero-order valence-electron chi connectivity index (χ0n) is 16.2. The van der Waals surface area contributed by atoms with Crippen LogP contribution in [0.2, 0.25) is 0 Å². The molecule has 5 rings (SSSR count). The van der Waals surface area contributed by atoms with Crippen molar-refractivity contribution >= 4 is 44.8 Å². The third-order valence-electron chi connectivity index (χ3n) is 5.16. The highest BCUT2D eigenvalue weighted by molar-refractivity contribution is 7.14. The smallest absolute Gasteiger partial charge is 0.273 e. The second-order valence-corrected chi connectivity index (χ2v) is 7.88. The summed E-state index contributed by atoms with van der Waals surface area (Å²) < 4.78 is 0. The topological polar surface area (TPSA) is 74.2 Å². The normalized spacial score (nSPS) is 14.1. The molecule has 0 aliphatic carbocycles. The van der Waals surface area contributed by atoms with Gasteiger partial charge in [0.15, 0.2) is 5.13 Å². The van der Waals surface area contributed by atoms with E-state index in [1.54, 1.807) is 18.5 Å². The van der Waals surface area contributed by atoms with Gasteiger partial charge in [0.1, 0.15) is 5.69 Å². The molecule has 8 heteroatoms. The van der Waals surface area contributed by atoms with Gasteiger partial charge in [-0.25, -0.2) is 15.0 Å². The van der Waals surface area contributed by atoms with E-state index >= 15 is 0 Å².